The molecule has 1 fully saturated rings. The highest BCUT2D eigenvalue weighted by molar-refractivity contribution is 5.95. The fraction of sp³-hybridized carbons (Fsp3) is 0.536. The first-order valence-corrected chi connectivity index (χ1v) is 12.0. The van der Waals surface area contributed by atoms with Crippen LogP contribution in [0.3, 0.4) is 0 Å². The molecule has 0 bridgehead atoms. The molecule has 1 aliphatic rings. The molecule has 33 heavy (non-hydrogen) atoms. The molecule has 0 spiro atoms. The SMILES string of the molecule is COCOc1c(NC(=O)C(Cc2ccccc2)C2CCCCC2)cc(OC)cc1C(C)(C)C. The van der Waals surface area contributed by atoms with Crippen LogP contribution in [0.4, 0.5) is 5.69 Å². The lowest BCUT2D eigenvalue weighted by atomic mass is 9.77. The zero-order valence-electron chi connectivity index (χ0n) is 20.8. The minimum atomic E-state index is -0.204. The maximum Gasteiger partial charge on any atom is 0.228 e. The molecule has 0 aliphatic heterocycles. The van der Waals surface area contributed by atoms with Gasteiger partial charge >= 0.3 is 0 Å². The first-order valence-electron chi connectivity index (χ1n) is 12.0. The van der Waals surface area contributed by atoms with Crippen molar-refractivity contribution in [3.05, 3.63) is 53.6 Å². The van der Waals surface area contributed by atoms with Gasteiger partial charge in [-0.05, 0) is 42.2 Å². The number of benzene rings is 2. The summed E-state index contributed by atoms with van der Waals surface area (Å²) in [6.07, 6.45) is 6.59. The summed E-state index contributed by atoms with van der Waals surface area (Å²) in [6, 6.07) is 14.1. The molecule has 1 aliphatic carbocycles. The molecule has 1 saturated carbocycles. The van der Waals surface area contributed by atoms with Gasteiger partial charge in [-0.25, -0.2) is 0 Å². The first kappa shape index (κ1) is 25.1. The van der Waals surface area contributed by atoms with Gasteiger partial charge in [0, 0.05) is 24.7 Å². The van der Waals surface area contributed by atoms with E-state index in [4.69, 9.17) is 14.2 Å². The van der Waals surface area contributed by atoms with Gasteiger partial charge in [0.25, 0.3) is 0 Å². The van der Waals surface area contributed by atoms with Crippen molar-refractivity contribution in [2.45, 2.75) is 64.7 Å². The Morgan fingerprint density at radius 2 is 1.76 bits per heavy atom. The summed E-state index contributed by atoms with van der Waals surface area (Å²) < 4.78 is 16.7. The average Bonchev–Trinajstić information content (AvgIpc) is 2.81. The number of hydrogen-bond acceptors (Lipinski definition) is 4. The van der Waals surface area contributed by atoms with Crippen LogP contribution in [0.15, 0.2) is 42.5 Å². The fourth-order valence-electron chi connectivity index (χ4n) is 4.75. The number of amides is 1. The minimum Gasteiger partial charge on any atom is -0.497 e. The Morgan fingerprint density at radius 1 is 1.06 bits per heavy atom. The van der Waals surface area contributed by atoms with Gasteiger partial charge in [-0.3, -0.25) is 4.79 Å². The van der Waals surface area contributed by atoms with Crippen LogP contribution < -0.4 is 14.8 Å². The van der Waals surface area contributed by atoms with Gasteiger partial charge in [-0.1, -0.05) is 70.4 Å². The third kappa shape index (κ3) is 6.73. The minimum absolute atomic E-state index is 0.0427. The van der Waals surface area contributed by atoms with E-state index in [1.165, 1.54) is 24.8 Å². The molecule has 1 amide bonds. The summed E-state index contributed by atoms with van der Waals surface area (Å²) in [7, 11) is 3.24. The maximum absolute atomic E-state index is 13.8. The van der Waals surface area contributed by atoms with Crippen molar-refractivity contribution in [2.24, 2.45) is 11.8 Å². The lowest BCUT2D eigenvalue weighted by molar-refractivity contribution is -0.121. The molecule has 3 rings (SSSR count). The predicted molar refractivity (Wildman–Crippen MR) is 133 cm³/mol. The van der Waals surface area contributed by atoms with Crippen molar-refractivity contribution in [2.75, 3.05) is 26.3 Å². The van der Waals surface area contributed by atoms with Crippen LogP contribution in [0.2, 0.25) is 0 Å². The van der Waals surface area contributed by atoms with Gasteiger partial charge < -0.3 is 19.5 Å². The van der Waals surface area contributed by atoms with Crippen LogP contribution in [-0.2, 0) is 21.4 Å². The Hall–Kier alpha value is -2.53. The van der Waals surface area contributed by atoms with Gasteiger partial charge in [-0.2, -0.15) is 0 Å². The molecule has 2 aromatic rings. The number of nitrogens with one attached hydrogen (secondary N) is 1. The largest absolute Gasteiger partial charge is 0.497 e. The summed E-state index contributed by atoms with van der Waals surface area (Å²) in [4.78, 5) is 13.8. The first-order chi connectivity index (χ1) is 15.8. The number of ether oxygens (including phenoxy) is 3. The van der Waals surface area contributed by atoms with Gasteiger partial charge in [0.05, 0.1) is 12.8 Å². The molecule has 0 saturated heterocycles. The van der Waals surface area contributed by atoms with Crippen LogP contribution in [0.25, 0.3) is 0 Å². The number of carbonyl (C=O) groups excluding carboxylic acids is 1. The number of hydrogen-bond donors (Lipinski definition) is 1. The highest BCUT2D eigenvalue weighted by atomic mass is 16.7. The molecule has 0 heterocycles. The smallest absolute Gasteiger partial charge is 0.228 e. The molecule has 5 heteroatoms. The van der Waals surface area contributed by atoms with E-state index in [0.717, 1.165) is 24.8 Å². The highest BCUT2D eigenvalue weighted by Crippen LogP contribution is 2.41. The van der Waals surface area contributed by atoms with Crippen molar-refractivity contribution in [3.63, 3.8) is 0 Å². The normalized spacial score (nSPS) is 15.7. The van der Waals surface area contributed by atoms with Crippen LogP contribution in [-0.4, -0.2) is 26.9 Å². The molecule has 1 unspecified atom stereocenters. The van der Waals surface area contributed by atoms with E-state index in [1.807, 2.05) is 30.3 Å². The molecule has 0 aromatic heterocycles. The molecule has 2 aromatic carbocycles. The Kier molecular flexibility index (Phi) is 8.79. The van der Waals surface area contributed by atoms with E-state index in [1.54, 1.807) is 14.2 Å². The van der Waals surface area contributed by atoms with Crippen molar-refractivity contribution in [3.8, 4) is 11.5 Å². The number of anilines is 1. The molecular formula is C28H39NO4. The van der Waals surface area contributed by atoms with Gasteiger partial charge in [0.2, 0.25) is 5.91 Å². The second-order valence-electron chi connectivity index (χ2n) is 10.0. The second kappa shape index (κ2) is 11.6. The molecule has 1 atom stereocenters. The second-order valence-corrected chi connectivity index (χ2v) is 10.0. The van der Waals surface area contributed by atoms with Crippen LogP contribution in [0, 0.1) is 11.8 Å². The Morgan fingerprint density at radius 3 is 2.36 bits per heavy atom. The number of rotatable bonds is 9. The quantitative estimate of drug-likeness (QED) is 0.449. The summed E-state index contributed by atoms with van der Waals surface area (Å²) in [5.74, 6) is 1.67. The maximum atomic E-state index is 13.8. The Labute approximate surface area is 198 Å². The van der Waals surface area contributed by atoms with Crippen molar-refractivity contribution >= 4 is 11.6 Å². The summed E-state index contributed by atoms with van der Waals surface area (Å²) >= 11 is 0. The van der Waals surface area contributed by atoms with Gasteiger partial charge in [-0.15, -0.1) is 0 Å². The Bertz CT molecular complexity index is 898. The molecule has 180 valence electrons. The molecule has 0 radical (unpaired) electrons. The zero-order chi connectivity index (χ0) is 23.8. The van der Waals surface area contributed by atoms with Crippen molar-refractivity contribution in [1.82, 2.24) is 0 Å². The molecule has 5 nitrogen and oxygen atoms in total. The van der Waals surface area contributed by atoms with E-state index in [-0.39, 0.29) is 24.0 Å². The number of methoxy groups -OCH3 is 2. The van der Waals surface area contributed by atoms with Gasteiger partial charge in [0.15, 0.2) is 6.79 Å². The summed E-state index contributed by atoms with van der Waals surface area (Å²) in [5.41, 5.74) is 2.59. The van der Waals surface area contributed by atoms with Crippen LogP contribution in [0.5, 0.6) is 11.5 Å². The third-order valence-corrected chi connectivity index (χ3v) is 6.54. The lowest BCUT2D eigenvalue weighted by Crippen LogP contribution is -2.32. The monoisotopic (exact) mass is 453 g/mol. The predicted octanol–water partition coefficient (Wildman–Crippen LogP) is 6.35. The van der Waals surface area contributed by atoms with E-state index >= 15 is 0 Å². The Balaban J connectivity index is 1.95. The summed E-state index contributed by atoms with van der Waals surface area (Å²) in [5, 5.41) is 3.22. The van der Waals surface area contributed by atoms with Crippen molar-refractivity contribution in [1.29, 1.82) is 0 Å². The van der Waals surface area contributed by atoms with Gasteiger partial charge in [0.1, 0.15) is 11.5 Å². The molecular weight excluding hydrogens is 414 g/mol. The topological polar surface area (TPSA) is 56.8 Å². The fourth-order valence-corrected chi connectivity index (χ4v) is 4.75. The highest BCUT2D eigenvalue weighted by Gasteiger charge is 2.31. The molecule has 1 N–H and O–H groups in total. The lowest BCUT2D eigenvalue weighted by Gasteiger charge is -2.30. The summed E-state index contributed by atoms with van der Waals surface area (Å²) in [6.45, 7) is 6.46. The standard InChI is InChI=1S/C28H39NO4/c1-28(2,3)24-17-22(32-5)18-25(26(24)33-19-31-4)29-27(30)23(21-14-10-7-11-15-21)16-20-12-8-6-9-13-20/h6,8-9,12-13,17-18,21,23H,7,10-11,14-16,19H2,1-5H3,(H,29,30). The average molecular weight is 454 g/mol. The third-order valence-electron chi connectivity index (χ3n) is 6.54. The zero-order valence-corrected chi connectivity index (χ0v) is 20.8. The van der Waals surface area contributed by atoms with Crippen LogP contribution in [0.1, 0.15) is 64.0 Å². The van der Waals surface area contributed by atoms with Crippen LogP contribution >= 0.6 is 0 Å². The number of carbonyl (C=O) groups is 1. The van der Waals surface area contributed by atoms with E-state index < -0.39 is 0 Å². The van der Waals surface area contributed by atoms with E-state index in [0.29, 0.717) is 23.1 Å². The van der Waals surface area contributed by atoms with Crippen molar-refractivity contribution < 1.29 is 19.0 Å². The van der Waals surface area contributed by atoms with E-state index in [2.05, 4.69) is 38.2 Å². The van der Waals surface area contributed by atoms with E-state index in [9.17, 15) is 4.79 Å².